The van der Waals surface area contributed by atoms with Gasteiger partial charge in [0.2, 0.25) is 5.78 Å². The number of halogens is 1. The molecule has 1 aliphatic heterocycles. The number of hydrogen-bond donors (Lipinski definition) is 1. The number of amides is 1. The number of ether oxygens (including phenoxy) is 1. The number of aromatic nitrogens is 2. The third-order valence-corrected chi connectivity index (χ3v) is 7.77. The molecule has 8 nitrogen and oxygen atoms in total. The maximum Gasteiger partial charge on any atom is 0.350 e. The van der Waals surface area contributed by atoms with Gasteiger partial charge in [-0.3, -0.25) is 14.5 Å². The summed E-state index contributed by atoms with van der Waals surface area (Å²) in [6, 6.07) is 5.71. The highest BCUT2D eigenvalue weighted by atomic mass is 35.5. The molecule has 176 valence electrons. The summed E-state index contributed by atoms with van der Waals surface area (Å²) in [5.74, 6) is -2.57. The third-order valence-electron chi connectivity index (χ3n) is 5.21. The number of nitrogens with zero attached hydrogens (tertiary/aromatic N) is 3. The second-order valence-corrected chi connectivity index (χ2v) is 10.1. The standard InChI is InChI=1S/C23H20ClN3O5S2/c1-5-32-22(31)20-11(3)26-23(34-20)27-16(13-8-6-7-9-14(13)24)15(18(29)21(27)30)17(28)19-10(2)25-12(4)33-19/h6-9,16,29H,5H2,1-4H3. The van der Waals surface area contributed by atoms with E-state index < -0.39 is 29.5 Å². The first kappa shape index (κ1) is 24.1. The first-order valence-corrected chi connectivity index (χ1v) is 12.3. The summed E-state index contributed by atoms with van der Waals surface area (Å²) in [5, 5.41) is 12.0. The number of carbonyl (C=O) groups is 3. The summed E-state index contributed by atoms with van der Waals surface area (Å²) < 4.78 is 5.08. The van der Waals surface area contributed by atoms with Gasteiger partial charge in [-0.1, -0.05) is 41.1 Å². The minimum Gasteiger partial charge on any atom is -0.503 e. The fourth-order valence-corrected chi connectivity index (χ4v) is 5.86. The second-order valence-electron chi connectivity index (χ2n) is 7.47. The van der Waals surface area contributed by atoms with Gasteiger partial charge >= 0.3 is 5.97 Å². The van der Waals surface area contributed by atoms with E-state index in [2.05, 4.69) is 9.97 Å². The first-order chi connectivity index (χ1) is 16.1. The summed E-state index contributed by atoms with van der Waals surface area (Å²) in [6.45, 7) is 6.97. The topological polar surface area (TPSA) is 110 Å². The van der Waals surface area contributed by atoms with Gasteiger partial charge in [-0.05, 0) is 39.3 Å². The van der Waals surface area contributed by atoms with Crippen LogP contribution in [-0.2, 0) is 9.53 Å². The molecule has 0 saturated heterocycles. The summed E-state index contributed by atoms with van der Waals surface area (Å²) >= 11 is 8.61. The summed E-state index contributed by atoms with van der Waals surface area (Å²) in [4.78, 5) is 49.7. The Bertz CT molecular complexity index is 1360. The van der Waals surface area contributed by atoms with Crippen LogP contribution in [0.2, 0.25) is 5.02 Å². The van der Waals surface area contributed by atoms with E-state index in [0.29, 0.717) is 31.9 Å². The van der Waals surface area contributed by atoms with Crippen molar-refractivity contribution < 1.29 is 24.2 Å². The van der Waals surface area contributed by atoms with Gasteiger partial charge in [0.15, 0.2) is 10.9 Å². The fraction of sp³-hybridized carbons (Fsp3) is 0.261. The highest BCUT2D eigenvalue weighted by Gasteiger charge is 2.47. The number of carbonyl (C=O) groups excluding carboxylic acids is 3. The zero-order chi connectivity index (χ0) is 24.7. The van der Waals surface area contributed by atoms with Crippen molar-refractivity contribution in [1.29, 1.82) is 0 Å². The van der Waals surface area contributed by atoms with Crippen LogP contribution in [0.1, 0.15) is 54.3 Å². The van der Waals surface area contributed by atoms with E-state index in [1.54, 1.807) is 52.0 Å². The number of rotatable bonds is 6. The van der Waals surface area contributed by atoms with Crippen molar-refractivity contribution >= 4 is 57.1 Å². The lowest BCUT2D eigenvalue weighted by molar-refractivity contribution is -0.117. The number of aryl methyl sites for hydroxylation is 3. The molecule has 34 heavy (non-hydrogen) atoms. The molecule has 1 aromatic carbocycles. The average Bonchev–Trinajstić information content (AvgIpc) is 3.41. The predicted octanol–water partition coefficient (Wildman–Crippen LogP) is 5.14. The molecule has 0 spiro atoms. The van der Waals surface area contributed by atoms with Crippen LogP contribution in [0.5, 0.6) is 0 Å². The lowest BCUT2D eigenvalue weighted by atomic mass is 9.95. The van der Waals surface area contributed by atoms with Crippen LogP contribution in [0.3, 0.4) is 0 Å². The third kappa shape index (κ3) is 4.02. The van der Waals surface area contributed by atoms with Gasteiger partial charge in [0.1, 0.15) is 4.88 Å². The van der Waals surface area contributed by atoms with Crippen LogP contribution in [0.25, 0.3) is 0 Å². The zero-order valence-electron chi connectivity index (χ0n) is 18.7. The Balaban J connectivity index is 1.89. The first-order valence-electron chi connectivity index (χ1n) is 10.3. The number of esters is 1. The molecule has 2 aromatic heterocycles. The molecular formula is C23H20ClN3O5S2. The van der Waals surface area contributed by atoms with Crippen LogP contribution in [0, 0.1) is 20.8 Å². The van der Waals surface area contributed by atoms with Gasteiger partial charge < -0.3 is 9.84 Å². The number of Topliss-reactive ketones (excluding diaryl/α,β-unsaturated/α-hetero) is 1. The largest absolute Gasteiger partial charge is 0.503 e. The number of thiazole rings is 2. The van der Waals surface area contributed by atoms with E-state index >= 15 is 0 Å². The molecule has 1 atom stereocenters. The van der Waals surface area contributed by atoms with Gasteiger partial charge in [0.25, 0.3) is 5.91 Å². The smallest absolute Gasteiger partial charge is 0.350 e. The fourth-order valence-electron chi connectivity index (χ4n) is 3.76. The highest BCUT2D eigenvalue weighted by molar-refractivity contribution is 7.17. The van der Waals surface area contributed by atoms with E-state index in [4.69, 9.17) is 16.3 Å². The summed E-state index contributed by atoms with van der Waals surface area (Å²) in [6.07, 6.45) is 0. The molecule has 0 saturated carbocycles. The van der Waals surface area contributed by atoms with E-state index in [9.17, 15) is 19.5 Å². The predicted molar refractivity (Wildman–Crippen MR) is 130 cm³/mol. The number of benzene rings is 1. The molecule has 11 heteroatoms. The van der Waals surface area contributed by atoms with Crippen LogP contribution in [0.15, 0.2) is 35.6 Å². The maximum absolute atomic E-state index is 13.6. The molecule has 4 rings (SSSR count). The highest BCUT2D eigenvalue weighted by Crippen LogP contribution is 2.46. The minimum absolute atomic E-state index is 0.115. The summed E-state index contributed by atoms with van der Waals surface area (Å²) in [7, 11) is 0. The number of hydrogen-bond acceptors (Lipinski definition) is 9. The lowest BCUT2D eigenvalue weighted by Gasteiger charge is -2.25. The maximum atomic E-state index is 13.6. The van der Waals surface area contributed by atoms with E-state index in [1.807, 2.05) is 0 Å². The van der Waals surface area contributed by atoms with Crippen molar-refractivity contribution in [3.63, 3.8) is 0 Å². The molecule has 1 aliphatic rings. The molecule has 1 N–H and O–H groups in total. The summed E-state index contributed by atoms with van der Waals surface area (Å²) in [5.41, 5.74) is 1.20. The van der Waals surface area contributed by atoms with E-state index in [-0.39, 0.29) is 22.2 Å². The van der Waals surface area contributed by atoms with Crippen LogP contribution in [0.4, 0.5) is 5.13 Å². The Kier molecular flexibility index (Phi) is 6.57. The van der Waals surface area contributed by atoms with Gasteiger partial charge in [-0.2, -0.15) is 0 Å². The molecule has 0 aliphatic carbocycles. The molecule has 0 bridgehead atoms. The molecule has 1 amide bonds. The molecule has 3 aromatic rings. The van der Waals surface area contributed by atoms with Gasteiger partial charge in [-0.15, -0.1) is 11.3 Å². The van der Waals surface area contributed by atoms with Crippen molar-refractivity contribution in [2.24, 2.45) is 0 Å². The molecule has 3 heterocycles. The number of ketones is 1. The average molecular weight is 518 g/mol. The number of anilines is 1. The Labute approximate surface area is 208 Å². The van der Waals surface area contributed by atoms with Crippen molar-refractivity contribution in [2.45, 2.75) is 33.7 Å². The van der Waals surface area contributed by atoms with E-state index in [0.717, 1.165) is 11.3 Å². The molecule has 1 unspecified atom stereocenters. The molecule has 0 radical (unpaired) electrons. The monoisotopic (exact) mass is 517 g/mol. The lowest BCUT2D eigenvalue weighted by Crippen LogP contribution is -2.31. The van der Waals surface area contributed by atoms with E-state index in [1.165, 1.54) is 16.2 Å². The quantitative estimate of drug-likeness (QED) is 0.356. The van der Waals surface area contributed by atoms with Crippen molar-refractivity contribution in [3.05, 3.63) is 72.3 Å². The van der Waals surface area contributed by atoms with Crippen LogP contribution in [-0.4, -0.2) is 39.3 Å². The Morgan fingerprint density at radius 3 is 2.41 bits per heavy atom. The molecular weight excluding hydrogens is 498 g/mol. The minimum atomic E-state index is -1.05. The number of aliphatic hydroxyl groups excluding tert-OH is 1. The molecule has 0 fully saturated rings. The Morgan fingerprint density at radius 1 is 1.12 bits per heavy atom. The normalized spacial score (nSPS) is 15.9. The SMILES string of the molecule is CCOC(=O)c1sc(N2C(=O)C(O)=C(C(=O)c3sc(C)nc3C)C2c2ccccc2Cl)nc1C. The number of aliphatic hydroxyl groups is 1. The van der Waals surface area contributed by atoms with Crippen LogP contribution >= 0.6 is 34.3 Å². The Morgan fingerprint density at radius 2 is 1.79 bits per heavy atom. The van der Waals surface area contributed by atoms with Crippen molar-refractivity contribution in [3.8, 4) is 0 Å². The van der Waals surface area contributed by atoms with Crippen molar-refractivity contribution in [2.75, 3.05) is 11.5 Å². The van der Waals surface area contributed by atoms with Gasteiger partial charge in [0.05, 0.1) is 39.5 Å². The zero-order valence-corrected chi connectivity index (χ0v) is 21.1. The van der Waals surface area contributed by atoms with Crippen LogP contribution < -0.4 is 4.90 Å². The Hall–Kier alpha value is -3.08. The van der Waals surface area contributed by atoms with Gasteiger partial charge in [0, 0.05) is 5.02 Å². The van der Waals surface area contributed by atoms with Gasteiger partial charge in [-0.25, -0.2) is 14.8 Å². The second kappa shape index (κ2) is 9.28. The van der Waals surface area contributed by atoms with Crippen molar-refractivity contribution in [1.82, 2.24) is 9.97 Å².